The number of carbonyl (C=O) groups excluding carboxylic acids is 3. The minimum atomic E-state index is -0.662. The third kappa shape index (κ3) is 4.88. The van der Waals surface area contributed by atoms with Gasteiger partial charge in [0.25, 0.3) is 5.91 Å². The van der Waals surface area contributed by atoms with Crippen LogP contribution in [-0.2, 0) is 16.0 Å². The number of hydrogen-bond acceptors (Lipinski definition) is 4. The number of urea groups is 1. The highest BCUT2D eigenvalue weighted by Gasteiger charge is 2.37. The van der Waals surface area contributed by atoms with Crippen LogP contribution < -0.4 is 15.4 Å². The van der Waals surface area contributed by atoms with Gasteiger partial charge in [-0.25, -0.2) is 4.79 Å². The normalized spacial score (nSPS) is 16.0. The van der Waals surface area contributed by atoms with Crippen LogP contribution in [-0.4, -0.2) is 42.4 Å². The van der Waals surface area contributed by atoms with E-state index in [2.05, 4.69) is 10.6 Å². The fourth-order valence-corrected chi connectivity index (χ4v) is 3.04. The van der Waals surface area contributed by atoms with Crippen LogP contribution in [0.15, 0.2) is 54.6 Å². The van der Waals surface area contributed by atoms with E-state index in [1.807, 2.05) is 42.5 Å². The van der Waals surface area contributed by atoms with Crippen molar-refractivity contribution in [3.05, 3.63) is 60.2 Å². The third-order valence-corrected chi connectivity index (χ3v) is 4.61. The molecule has 4 amide bonds. The van der Waals surface area contributed by atoms with Crippen LogP contribution >= 0.6 is 0 Å². The lowest BCUT2D eigenvalue weighted by molar-refractivity contribution is -0.127. The molecule has 0 saturated carbocycles. The lowest BCUT2D eigenvalue weighted by Crippen LogP contribution is -2.33. The largest absolute Gasteiger partial charge is 0.497 e. The molecule has 3 rings (SSSR count). The molecule has 1 fully saturated rings. The van der Waals surface area contributed by atoms with Crippen molar-refractivity contribution in [2.24, 2.45) is 0 Å². The van der Waals surface area contributed by atoms with Crippen LogP contribution in [0.3, 0.4) is 0 Å². The number of methoxy groups -OCH3 is 1. The van der Waals surface area contributed by atoms with E-state index in [1.165, 1.54) is 4.90 Å². The first-order valence-corrected chi connectivity index (χ1v) is 9.16. The van der Waals surface area contributed by atoms with Gasteiger partial charge in [0.2, 0.25) is 5.91 Å². The molecular formula is C21H23N3O4. The number of amides is 4. The van der Waals surface area contributed by atoms with Crippen LogP contribution in [0, 0.1) is 0 Å². The van der Waals surface area contributed by atoms with Crippen LogP contribution in [0.2, 0.25) is 0 Å². The van der Waals surface area contributed by atoms with Gasteiger partial charge in [0.1, 0.15) is 11.8 Å². The molecule has 7 heteroatoms. The van der Waals surface area contributed by atoms with E-state index in [0.717, 1.165) is 11.3 Å². The van der Waals surface area contributed by atoms with Crippen LogP contribution in [0.4, 0.5) is 10.5 Å². The number of carbonyl (C=O) groups is 3. The number of benzene rings is 2. The molecule has 1 aliphatic rings. The number of hydrogen-bond donors (Lipinski definition) is 2. The Bertz CT molecular complexity index is 836. The number of rotatable bonds is 8. The van der Waals surface area contributed by atoms with E-state index in [-0.39, 0.29) is 24.7 Å². The molecule has 1 atom stereocenters. The Kier molecular flexibility index (Phi) is 6.26. The van der Waals surface area contributed by atoms with Gasteiger partial charge in [-0.3, -0.25) is 14.5 Å². The van der Waals surface area contributed by atoms with Crippen LogP contribution in [0.1, 0.15) is 18.4 Å². The van der Waals surface area contributed by atoms with E-state index in [9.17, 15) is 14.4 Å². The van der Waals surface area contributed by atoms with E-state index in [0.29, 0.717) is 18.7 Å². The first kappa shape index (κ1) is 19.4. The van der Waals surface area contributed by atoms with Gasteiger partial charge in [0, 0.05) is 18.7 Å². The highest BCUT2D eigenvalue weighted by molar-refractivity contribution is 6.04. The van der Waals surface area contributed by atoms with Crippen molar-refractivity contribution >= 4 is 23.5 Å². The smallest absolute Gasteiger partial charge is 0.324 e. The molecule has 0 unspecified atom stereocenters. The quantitative estimate of drug-likeness (QED) is 0.688. The molecule has 146 valence electrons. The molecule has 0 aliphatic carbocycles. The van der Waals surface area contributed by atoms with Crippen LogP contribution in [0.25, 0.3) is 0 Å². The van der Waals surface area contributed by atoms with Gasteiger partial charge in [-0.05, 0) is 42.7 Å². The molecule has 1 saturated heterocycles. The number of para-hydroxylation sites is 1. The summed E-state index contributed by atoms with van der Waals surface area (Å²) in [5.41, 5.74) is 1.71. The Morgan fingerprint density at radius 2 is 1.82 bits per heavy atom. The second-order valence-electron chi connectivity index (χ2n) is 6.54. The molecular weight excluding hydrogens is 358 g/mol. The highest BCUT2D eigenvalue weighted by Crippen LogP contribution is 2.15. The number of ether oxygens (including phenoxy) is 1. The summed E-state index contributed by atoms with van der Waals surface area (Å²) in [5.74, 6) is 0.281. The molecule has 0 bridgehead atoms. The molecule has 0 radical (unpaired) electrons. The zero-order valence-corrected chi connectivity index (χ0v) is 15.7. The van der Waals surface area contributed by atoms with Crippen molar-refractivity contribution in [2.75, 3.05) is 19.0 Å². The lowest BCUT2D eigenvalue weighted by atomic mass is 10.1. The van der Waals surface area contributed by atoms with Crippen LogP contribution in [0.5, 0.6) is 5.75 Å². The van der Waals surface area contributed by atoms with Gasteiger partial charge < -0.3 is 15.4 Å². The van der Waals surface area contributed by atoms with Crippen molar-refractivity contribution in [3.63, 3.8) is 0 Å². The summed E-state index contributed by atoms with van der Waals surface area (Å²) in [7, 11) is 1.60. The minimum absolute atomic E-state index is 0.151. The summed E-state index contributed by atoms with van der Waals surface area (Å²) in [4.78, 5) is 37.9. The van der Waals surface area contributed by atoms with Gasteiger partial charge in [0.15, 0.2) is 0 Å². The molecule has 2 N–H and O–H groups in total. The maximum absolute atomic E-state index is 12.5. The van der Waals surface area contributed by atoms with E-state index in [1.54, 1.807) is 19.2 Å². The van der Waals surface area contributed by atoms with Crippen molar-refractivity contribution in [1.82, 2.24) is 10.2 Å². The van der Waals surface area contributed by atoms with Gasteiger partial charge in [-0.15, -0.1) is 0 Å². The number of anilines is 1. The fraction of sp³-hybridized carbons (Fsp3) is 0.286. The predicted molar refractivity (Wildman–Crippen MR) is 105 cm³/mol. The van der Waals surface area contributed by atoms with Crippen molar-refractivity contribution < 1.29 is 19.1 Å². The predicted octanol–water partition coefficient (Wildman–Crippen LogP) is 2.58. The van der Waals surface area contributed by atoms with Crippen molar-refractivity contribution in [1.29, 1.82) is 0 Å². The molecule has 2 aromatic rings. The number of nitrogens with one attached hydrogen (secondary N) is 2. The Morgan fingerprint density at radius 1 is 1.11 bits per heavy atom. The topological polar surface area (TPSA) is 87.7 Å². The second-order valence-corrected chi connectivity index (χ2v) is 6.54. The summed E-state index contributed by atoms with van der Waals surface area (Å²) >= 11 is 0. The lowest BCUT2D eigenvalue weighted by Gasteiger charge is -2.13. The Labute approximate surface area is 163 Å². The first-order chi connectivity index (χ1) is 13.6. The van der Waals surface area contributed by atoms with Gasteiger partial charge in [0.05, 0.1) is 7.11 Å². The average molecular weight is 381 g/mol. The van der Waals surface area contributed by atoms with E-state index in [4.69, 9.17) is 4.74 Å². The third-order valence-electron chi connectivity index (χ3n) is 4.61. The molecule has 2 aromatic carbocycles. The molecule has 7 nitrogen and oxygen atoms in total. The summed E-state index contributed by atoms with van der Waals surface area (Å²) in [6.07, 6.45) is 0.977. The zero-order chi connectivity index (χ0) is 19.9. The summed E-state index contributed by atoms with van der Waals surface area (Å²) in [6, 6.07) is 15.5. The Morgan fingerprint density at radius 3 is 2.50 bits per heavy atom. The monoisotopic (exact) mass is 381 g/mol. The maximum Gasteiger partial charge on any atom is 0.324 e. The summed E-state index contributed by atoms with van der Waals surface area (Å²) in [6.45, 7) is 0.295. The Hall–Kier alpha value is -3.35. The highest BCUT2D eigenvalue weighted by atomic mass is 16.5. The summed E-state index contributed by atoms with van der Waals surface area (Å²) < 4.78 is 5.12. The standard InChI is InChI=1S/C21H23N3O4/c1-28-17-9-7-15(8-10-17)13-14-24-20(26)18(23-21(24)27)11-12-19(25)22-16-5-3-2-4-6-16/h2-10,18H,11-14H2,1H3,(H,22,25)(H,23,27)/t18-/m0/s1. The van der Waals surface area contributed by atoms with E-state index < -0.39 is 12.1 Å². The van der Waals surface area contributed by atoms with Gasteiger partial charge in [-0.2, -0.15) is 0 Å². The molecule has 1 heterocycles. The van der Waals surface area contributed by atoms with Crippen molar-refractivity contribution in [2.45, 2.75) is 25.3 Å². The minimum Gasteiger partial charge on any atom is -0.497 e. The fourth-order valence-electron chi connectivity index (χ4n) is 3.04. The average Bonchev–Trinajstić information content (AvgIpc) is 2.99. The molecule has 28 heavy (non-hydrogen) atoms. The molecule has 0 spiro atoms. The first-order valence-electron chi connectivity index (χ1n) is 9.16. The number of nitrogens with zero attached hydrogens (tertiary/aromatic N) is 1. The van der Waals surface area contributed by atoms with Gasteiger partial charge >= 0.3 is 6.03 Å². The molecule has 0 aromatic heterocycles. The van der Waals surface area contributed by atoms with Gasteiger partial charge in [-0.1, -0.05) is 30.3 Å². The second kappa shape index (κ2) is 9.03. The van der Waals surface area contributed by atoms with Crippen molar-refractivity contribution in [3.8, 4) is 5.75 Å². The SMILES string of the molecule is COc1ccc(CCN2C(=O)N[C@@H](CCC(=O)Nc3ccccc3)C2=O)cc1. The maximum atomic E-state index is 12.5. The summed E-state index contributed by atoms with van der Waals surface area (Å²) in [5, 5.41) is 5.44. The molecule has 1 aliphatic heterocycles. The number of imide groups is 1. The zero-order valence-electron chi connectivity index (χ0n) is 15.7. The Balaban J connectivity index is 1.47. The van der Waals surface area contributed by atoms with E-state index >= 15 is 0 Å².